The molecule has 240 valence electrons. The minimum absolute atomic E-state index is 0.147. The topological polar surface area (TPSA) is 157 Å². The van der Waals surface area contributed by atoms with Crippen LogP contribution in [0.2, 0.25) is 0 Å². The van der Waals surface area contributed by atoms with Crippen LogP contribution in [0.15, 0.2) is 47.6 Å². The molecule has 0 aromatic heterocycles. The summed E-state index contributed by atoms with van der Waals surface area (Å²) in [7, 11) is 0. The Hall–Kier alpha value is -3.73. The lowest BCUT2D eigenvalue weighted by molar-refractivity contribution is -0.144. The maximum atomic E-state index is 14.0. The number of hydrogen-bond donors (Lipinski definition) is 5. The van der Waals surface area contributed by atoms with Crippen molar-refractivity contribution in [3.63, 3.8) is 0 Å². The molecule has 5 N–H and O–H groups in total. The Morgan fingerprint density at radius 3 is 2.57 bits per heavy atom. The molecule has 2 fully saturated rings. The Kier molecular flexibility index (Phi) is 11.9. The first-order valence-corrected chi connectivity index (χ1v) is 16.1. The Bertz CT molecular complexity index is 1220. The first-order chi connectivity index (χ1) is 21.2. The molecule has 0 spiro atoms. The fourth-order valence-electron chi connectivity index (χ4n) is 6.68. The average Bonchev–Trinajstić information content (AvgIpc) is 3.52. The predicted molar refractivity (Wildman–Crippen MR) is 165 cm³/mol. The fourth-order valence-corrected chi connectivity index (χ4v) is 6.68. The molecule has 11 heteroatoms. The second kappa shape index (κ2) is 15.8. The van der Waals surface area contributed by atoms with Gasteiger partial charge in [0.2, 0.25) is 29.5 Å². The smallest absolute Gasteiger partial charge is 0.246 e. The normalized spacial score (nSPS) is 27.9. The molecule has 4 aliphatic rings. The summed E-state index contributed by atoms with van der Waals surface area (Å²) in [5.41, 5.74) is 3.66. The molecule has 44 heavy (non-hydrogen) atoms. The molecule has 0 saturated carbocycles. The molecule has 5 amide bonds. The minimum atomic E-state index is -0.960. The van der Waals surface area contributed by atoms with Crippen LogP contribution in [0.3, 0.4) is 0 Å². The zero-order valence-electron chi connectivity index (χ0n) is 25.8. The van der Waals surface area contributed by atoms with Crippen LogP contribution in [0.25, 0.3) is 0 Å². The van der Waals surface area contributed by atoms with Gasteiger partial charge in [0.1, 0.15) is 24.2 Å². The van der Waals surface area contributed by atoms with E-state index in [1.54, 1.807) is 10.4 Å². The van der Waals surface area contributed by atoms with Crippen molar-refractivity contribution < 1.29 is 29.2 Å². The van der Waals surface area contributed by atoms with Gasteiger partial charge in [-0.05, 0) is 55.6 Å². The van der Waals surface area contributed by atoms with Crippen LogP contribution in [-0.4, -0.2) is 70.4 Å². The predicted octanol–water partition coefficient (Wildman–Crippen LogP) is 2.73. The van der Waals surface area contributed by atoms with Crippen molar-refractivity contribution in [1.29, 1.82) is 0 Å². The first-order valence-electron chi connectivity index (χ1n) is 16.1. The van der Waals surface area contributed by atoms with Crippen molar-refractivity contribution in [2.24, 2.45) is 11.8 Å². The maximum absolute atomic E-state index is 14.0. The van der Waals surface area contributed by atoms with E-state index >= 15 is 0 Å². The van der Waals surface area contributed by atoms with E-state index in [0.717, 1.165) is 30.4 Å². The van der Waals surface area contributed by atoms with Gasteiger partial charge in [-0.3, -0.25) is 29.2 Å². The number of fused-ring (bicyclic) bond motifs is 2. The van der Waals surface area contributed by atoms with E-state index in [0.29, 0.717) is 45.1 Å². The molecule has 0 bridgehead atoms. The zero-order valence-corrected chi connectivity index (χ0v) is 25.8. The fraction of sp³-hybridized carbons (Fsp3) is 0.606. The number of nitrogens with one attached hydrogen (secondary N) is 4. The van der Waals surface area contributed by atoms with Crippen molar-refractivity contribution in [1.82, 2.24) is 26.3 Å². The van der Waals surface area contributed by atoms with Crippen LogP contribution in [0.1, 0.15) is 84.5 Å². The van der Waals surface area contributed by atoms with Crippen LogP contribution in [-0.2, 0) is 24.0 Å². The molecule has 0 aromatic rings. The summed E-state index contributed by atoms with van der Waals surface area (Å²) in [6, 6.07) is -3.40. The largest absolute Gasteiger partial charge is 0.343 e. The number of unbranched alkanes of at least 4 members (excludes halogenated alkanes) is 2. The third-order valence-corrected chi connectivity index (χ3v) is 9.14. The van der Waals surface area contributed by atoms with Crippen LogP contribution in [0, 0.1) is 11.8 Å². The molecule has 4 rings (SSSR count). The number of carbonyl (C=O) groups is 5. The lowest BCUT2D eigenvalue weighted by Gasteiger charge is -2.35. The Morgan fingerprint density at radius 1 is 1.02 bits per heavy atom. The highest BCUT2D eigenvalue weighted by Gasteiger charge is 2.42. The molecule has 2 heterocycles. The van der Waals surface area contributed by atoms with Gasteiger partial charge in [0, 0.05) is 25.3 Å². The van der Waals surface area contributed by atoms with E-state index in [-0.39, 0.29) is 36.5 Å². The summed E-state index contributed by atoms with van der Waals surface area (Å²) in [4.78, 5) is 68.3. The van der Waals surface area contributed by atoms with Gasteiger partial charge in [-0.1, -0.05) is 69.6 Å². The van der Waals surface area contributed by atoms with Gasteiger partial charge < -0.3 is 20.9 Å². The number of nitrogens with zero attached hydrogens (tertiary/aromatic N) is 1. The van der Waals surface area contributed by atoms with Gasteiger partial charge in [0.05, 0.1) is 0 Å². The Balaban J connectivity index is 1.62. The second-order valence-electron chi connectivity index (χ2n) is 12.4. The van der Waals surface area contributed by atoms with E-state index < -0.39 is 41.9 Å². The molecule has 2 aliphatic heterocycles. The van der Waals surface area contributed by atoms with Gasteiger partial charge in [-0.25, -0.2) is 5.48 Å². The monoisotopic (exact) mass is 609 g/mol. The van der Waals surface area contributed by atoms with Crippen LogP contribution < -0.4 is 21.4 Å². The number of hydrogen-bond acceptors (Lipinski definition) is 6. The van der Waals surface area contributed by atoms with E-state index in [9.17, 15) is 24.0 Å². The highest BCUT2D eigenvalue weighted by molar-refractivity contribution is 5.98. The van der Waals surface area contributed by atoms with Crippen molar-refractivity contribution in [2.45, 2.75) is 109 Å². The number of amides is 5. The summed E-state index contributed by atoms with van der Waals surface area (Å²) in [5.74, 6) is -1.95. The van der Waals surface area contributed by atoms with Gasteiger partial charge in [-0.2, -0.15) is 0 Å². The van der Waals surface area contributed by atoms with Crippen molar-refractivity contribution in [3.05, 3.63) is 47.6 Å². The zero-order chi connectivity index (χ0) is 31.6. The quantitative estimate of drug-likeness (QED) is 0.138. The summed E-state index contributed by atoms with van der Waals surface area (Å²) >= 11 is 0. The van der Waals surface area contributed by atoms with E-state index in [2.05, 4.69) is 28.1 Å². The van der Waals surface area contributed by atoms with E-state index in [4.69, 9.17) is 5.21 Å². The van der Waals surface area contributed by atoms with Gasteiger partial charge in [0.15, 0.2) is 0 Å². The van der Waals surface area contributed by atoms with E-state index in [1.807, 2.05) is 38.2 Å². The van der Waals surface area contributed by atoms with Crippen molar-refractivity contribution in [2.75, 3.05) is 6.54 Å². The SMILES string of the molecule is CCCC(C)[C@@H]1NC(=O)[C@@H](CC2=C3C=CC=CC3CC=C2)NC(=O)[C@H](CCCCCC(=O)NO)NC(=O)[C@H]2CCCN2C1=O. The molecule has 6 atom stereocenters. The molecular formula is C33H47N5O6. The van der Waals surface area contributed by atoms with Crippen molar-refractivity contribution >= 4 is 29.5 Å². The molecule has 2 unspecified atom stereocenters. The summed E-state index contributed by atoms with van der Waals surface area (Å²) in [6.45, 7) is 4.38. The lowest BCUT2D eigenvalue weighted by atomic mass is 9.82. The number of hydroxylamine groups is 1. The lowest BCUT2D eigenvalue weighted by Crippen LogP contribution is -2.62. The van der Waals surface area contributed by atoms with Crippen LogP contribution in [0.4, 0.5) is 0 Å². The van der Waals surface area contributed by atoms with Crippen LogP contribution >= 0.6 is 0 Å². The standard InChI is InChI=1S/C33H47N5O6/c1-3-11-21(2)29-33(43)38-19-10-17-27(38)32(42)34-25(16-5-4-6-18-28(39)37-44)30(40)35-26(31(41)36-29)20-23-14-9-13-22-12-7-8-15-24(22)23/h7-9,12,14-15,21-22,25-27,29,44H,3-6,10-11,13,16-20H2,1-2H3,(H,34,42)(H,35,40)(H,36,41)(H,37,39)/t21?,22?,25-,26+,27+,29-/m0/s1. The molecule has 2 aliphatic carbocycles. The average molecular weight is 610 g/mol. The van der Waals surface area contributed by atoms with Crippen molar-refractivity contribution in [3.8, 4) is 0 Å². The Labute approximate surface area is 259 Å². The van der Waals surface area contributed by atoms with Crippen LogP contribution in [0.5, 0.6) is 0 Å². The first kappa shape index (κ1) is 33.2. The van der Waals surface area contributed by atoms with Gasteiger partial charge in [-0.15, -0.1) is 0 Å². The molecule has 2 saturated heterocycles. The summed E-state index contributed by atoms with van der Waals surface area (Å²) in [6.07, 6.45) is 18.1. The summed E-state index contributed by atoms with van der Waals surface area (Å²) in [5, 5.41) is 17.6. The second-order valence-corrected chi connectivity index (χ2v) is 12.4. The van der Waals surface area contributed by atoms with E-state index in [1.165, 1.54) is 0 Å². The number of allylic oxidation sites excluding steroid dienone is 7. The third-order valence-electron chi connectivity index (χ3n) is 9.14. The number of carbonyl (C=O) groups excluding carboxylic acids is 5. The van der Waals surface area contributed by atoms with Gasteiger partial charge >= 0.3 is 0 Å². The Morgan fingerprint density at radius 2 is 1.80 bits per heavy atom. The molecule has 11 nitrogen and oxygen atoms in total. The number of rotatable bonds is 11. The maximum Gasteiger partial charge on any atom is 0.246 e. The highest BCUT2D eigenvalue weighted by atomic mass is 16.5. The molecule has 0 aromatic carbocycles. The third kappa shape index (κ3) is 8.25. The highest BCUT2D eigenvalue weighted by Crippen LogP contribution is 2.32. The molecule has 0 radical (unpaired) electrons. The minimum Gasteiger partial charge on any atom is -0.343 e. The summed E-state index contributed by atoms with van der Waals surface area (Å²) < 4.78 is 0. The van der Waals surface area contributed by atoms with Gasteiger partial charge in [0.25, 0.3) is 0 Å². The molecular weight excluding hydrogens is 562 g/mol.